The molecule has 0 aliphatic rings. The molecular weight excluding hydrogens is 232 g/mol. The molecule has 0 amide bonds. The van der Waals surface area contributed by atoms with Gasteiger partial charge in [0.25, 0.3) is 0 Å². The highest BCUT2D eigenvalue weighted by molar-refractivity contribution is 7.80. The van der Waals surface area contributed by atoms with Gasteiger partial charge in [0.2, 0.25) is 0 Å². The van der Waals surface area contributed by atoms with Crippen molar-refractivity contribution < 1.29 is 0 Å². The molecule has 4 nitrogen and oxygen atoms in total. The van der Waals surface area contributed by atoms with Crippen molar-refractivity contribution in [3.63, 3.8) is 0 Å². The maximum Gasteiger partial charge on any atom is 0.176 e. The molecule has 0 saturated heterocycles. The van der Waals surface area contributed by atoms with Crippen LogP contribution in [-0.2, 0) is 7.05 Å². The van der Waals surface area contributed by atoms with Gasteiger partial charge < -0.3 is 10.6 Å². The van der Waals surface area contributed by atoms with Crippen LogP contribution in [0.2, 0.25) is 0 Å². The van der Waals surface area contributed by atoms with Gasteiger partial charge in [0.05, 0.1) is 6.20 Å². The molecule has 1 heterocycles. The number of hydrogen-bond acceptors (Lipinski definition) is 2. The fourth-order valence-corrected chi connectivity index (χ4v) is 1.69. The van der Waals surface area contributed by atoms with E-state index in [-0.39, 0.29) is 0 Å². The molecule has 2 N–H and O–H groups in total. The van der Waals surface area contributed by atoms with Gasteiger partial charge in [0.15, 0.2) is 5.11 Å². The molecule has 0 unspecified atom stereocenters. The summed E-state index contributed by atoms with van der Waals surface area (Å²) in [6.07, 6.45) is 1.72. The van der Waals surface area contributed by atoms with Crippen molar-refractivity contribution in [1.82, 2.24) is 9.78 Å². The molecule has 0 fully saturated rings. The molecule has 17 heavy (non-hydrogen) atoms. The standard InChI is InChI=1S/C12H14N4S/c1-9-5-3-4-6-10(9)14-12(17)15-11-7-8-13-16(11)2/h3-8H,1-2H3,(H2,14,15,17). The van der Waals surface area contributed by atoms with Crippen molar-refractivity contribution in [2.24, 2.45) is 7.05 Å². The quantitative estimate of drug-likeness (QED) is 0.799. The lowest BCUT2D eigenvalue weighted by Crippen LogP contribution is -2.21. The minimum absolute atomic E-state index is 0.558. The fraction of sp³-hybridized carbons (Fsp3) is 0.167. The molecule has 88 valence electrons. The van der Waals surface area contributed by atoms with Crippen LogP contribution in [0.15, 0.2) is 36.5 Å². The Balaban J connectivity index is 2.03. The molecule has 1 aromatic heterocycles. The van der Waals surface area contributed by atoms with Crippen molar-refractivity contribution in [2.45, 2.75) is 6.92 Å². The second-order valence-electron chi connectivity index (χ2n) is 3.73. The zero-order valence-corrected chi connectivity index (χ0v) is 10.6. The molecular formula is C12H14N4S. The summed E-state index contributed by atoms with van der Waals surface area (Å²) in [7, 11) is 1.86. The van der Waals surface area contributed by atoms with Crippen LogP contribution in [0.4, 0.5) is 11.5 Å². The first-order chi connectivity index (χ1) is 8.16. The smallest absolute Gasteiger partial charge is 0.176 e. The van der Waals surface area contributed by atoms with Crippen LogP contribution in [0.5, 0.6) is 0 Å². The summed E-state index contributed by atoms with van der Waals surface area (Å²) < 4.78 is 1.73. The summed E-state index contributed by atoms with van der Waals surface area (Å²) in [4.78, 5) is 0. The van der Waals surface area contributed by atoms with E-state index < -0.39 is 0 Å². The summed E-state index contributed by atoms with van der Waals surface area (Å²) in [5.41, 5.74) is 2.16. The maximum atomic E-state index is 5.24. The third kappa shape index (κ3) is 2.82. The Labute approximate surface area is 106 Å². The average molecular weight is 246 g/mol. The normalized spacial score (nSPS) is 10.0. The number of nitrogens with one attached hydrogen (secondary N) is 2. The number of rotatable bonds is 2. The Kier molecular flexibility index (Phi) is 3.39. The summed E-state index contributed by atoms with van der Waals surface area (Å²) in [5, 5.41) is 10.9. The van der Waals surface area contributed by atoms with Crippen LogP contribution in [0.1, 0.15) is 5.56 Å². The van der Waals surface area contributed by atoms with E-state index in [2.05, 4.69) is 15.7 Å². The van der Waals surface area contributed by atoms with E-state index in [1.807, 2.05) is 44.3 Å². The molecule has 0 aliphatic heterocycles. The first kappa shape index (κ1) is 11.6. The topological polar surface area (TPSA) is 41.9 Å². The largest absolute Gasteiger partial charge is 0.332 e. The van der Waals surface area contributed by atoms with E-state index >= 15 is 0 Å². The average Bonchev–Trinajstić information content (AvgIpc) is 2.68. The van der Waals surface area contributed by atoms with E-state index in [0.29, 0.717) is 5.11 Å². The SMILES string of the molecule is Cc1ccccc1NC(=S)Nc1ccnn1C. The lowest BCUT2D eigenvalue weighted by atomic mass is 10.2. The van der Waals surface area contributed by atoms with Crippen LogP contribution in [0.3, 0.4) is 0 Å². The molecule has 0 atom stereocenters. The van der Waals surface area contributed by atoms with Crippen LogP contribution in [0, 0.1) is 6.92 Å². The molecule has 2 aromatic rings. The van der Waals surface area contributed by atoms with E-state index in [9.17, 15) is 0 Å². The number of aromatic nitrogens is 2. The van der Waals surface area contributed by atoms with Crippen molar-refractivity contribution in [2.75, 3.05) is 10.6 Å². The van der Waals surface area contributed by atoms with Gasteiger partial charge in [-0.2, -0.15) is 5.10 Å². The van der Waals surface area contributed by atoms with E-state index in [1.54, 1.807) is 10.9 Å². The number of nitrogens with zero attached hydrogens (tertiary/aromatic N) is 2. The van der Waals surface area contributed by atoms with Crippen LogP contribution >= 0.6 is 12.2 Å². The molecule has 0 saturated carbocycles. The maximum absolute atomic E-state index is 5.24. The monoisotopic (exact) mass is 246 g/mol. The van der Waals surface area contributed by atoms with E-state index in [0.717, 1.165) is 17.1 Å². The molecule has 5 heteroatoms. The Bertz CT molecular complexity index is 533. The van der Waals surface area contributed by atoms with Gasteiger partial charge in [-0.05, 0) is 30.8 Å². The van der Waals surface area contributed by atoms with Gasteiger partial charge in [0.1, 0.15) is 5.82 Å². The van der Waals surface area contributed by atoms with Gasteiger partial charge in [-0.3, -0.25) is 4.68 Å². The number of aryl methyl sites for hydroxylation is 2. The summed E-state index contributed by atoms with van der Waals surface area (Å²) in [6, 6.07) is 9.87. The number of anilines is 2. The van der Waals surface area contributed by atoms with Crippen molar-refractivity contribution in [1.29, 1.82) is 0 Å². The lowest BCUT2D eigenvalue weighted by molar-refractivity contribution is 0.778. The van der Waals surface area contributed by atoms with Crippen LogP contribution in [-0.4, -0.2) is 14.9 Å². The van der Waals surface area contributed by atoms with Crippen molar-refractivity contribution in [3.8, 4) is 0 Å². The summed E-state index contributed by atoms with van der Waals surface area (Å²) >= 11 is 5.24. The Morgan fingerprint density at radius 2 is 2.00 bits per heavy atom. The highest BCUT2D eigenvalue weighted by Crippen LogP contribution is 2.13. The molecule has 0 radical (unpaired) electrons. The predicted molar refractivity (Wildman–Crippen MR) is 74.2 cm³/mol. The second kappa shape index (κ2) is 4.97. The van der Waals surface area contributed by atoms with Gasteiger partial charge >= 0.3 is 0 Å². The van der Waals surface area contributed by atoms with Gasteiger partial charge in [-0.1, -0.05) is 18.2 Å². The number of benzene rings is 1. The van der Waals surface area contributed by atoms with Crippen LogP contribution < -0.4 is 10.6 Å². The number of hydrogen-bond donors (Lipinski definition) is 2. The first-order valence-corrected chi connectivity index (χ1v) is 5.69. The second-order valence-corrected chi connectivity index (χ2v) is 4.14. The van der Waals surface area contributed by atoms with Gasteiger partial charge in [-0.15, -0.1) is 0 Å². The highest BCUT2D eigenvalue weighted by Gasteiger charge is 2.03. The van der Waals surface area contributed by atoms with Crippen LogP contribution in [0.25, 0.3) is 0 Å². The third-order valence-electron chi connectivity index (χ3n) is 2.46. The summed E-state index contributed by atoms with van der Waals surface area (Å²) in [6.45, 7) is 2.04. The first-order valence-electron chi connectivity index (χ1n) is 5.28. The fourth-order valence-electron chi connectivity index (χ4n) is 1.48. The Morgan fingerprint density at radius 3 is 2.65 bits per heavy atom. The van der Waals surface area contributed by atoms with E-state index in [1.165, 1.54) is 0 Å². The molecule has 0 aliphatic carbocycles. The Hall–Kier alpha value is -1.88. The minimum Gasteiger partial charge on any atom is -0.332 e. The molecule has 0 bridgehead atoms. The number of para-hydroxylation sites is 1. The highest BCUT2D eigenvalue weighted by atomic mass is 32.1. The third-order valence-corrected chi connectivity index (χ3v) is 2.66. The zero-order chi connectivity index (χ0) is 12.3. The van der Waals surface area contributed by atoms with Gasteiger partial charge in [0, 0.05) is 18.8 Å². The minimum atomic E-state index is 0.558. The molecule has 1 aromatic carbocycles. The number of thiocarbonyl (C=S) groups is 1. The molecule has 2 rings (SSSR count). The van der Waals surface area contributed by atoms with Crippen molar-refractivity contribution in [3.05, 3.63) is 42.1 Å². The van der Waals surface area contributed by atoms with Gasteiger partial charge in [-0.25, -0.2) is 0 Å². The lowest BCUT2D eigenvalue weighted by Gasteiger charge is -2.12. The van der Waals surface area contributed by atoms with E-state index in [4.69, 9.17) is 12.2 Å². The summed E-state index contributed by atoms with van der Waals surface area (Å²) in [5.74, 6) is 0.857. The Morgan fingerprint density at radius 1 is 1.24 bits per heavy atom. The molecule has 0 spiro atoms. The zero-order valence-electron chi connectivity index (χ0n) is 9.77. The predicted octanol–water partition coefficient (Wildman–Crippen LogP) is 2.54. The van der Waals surface area contributed by atoms with Crippen molar-refractivity contribution >= 4 is 28.8 Å².